The van der Waals surface area contributed by atoms with E-state index in [1.54, 1.807) is 0 Å². The minimum Gasteiger partial charge on any atom is -0.346 e. The molecule has 0 aromatic heterocycles. The fourth-order valence-corrected chi connectivity index (χ4v) is 3.35. The smallest absolute Gasteiger partial charge is 0.217 e. The van der Waals surface area contributed by atoms with Gasteiger partial charge in [-0.3, -0.25) is 4.79 Å². The summed E-state index contributed by atoms with van der Waals surface area (Å²) in [5.41, 5.74) is 0. The van der Waals surface area contributed by atoms with Crippen molar-refractivity contribution >= 4 is 15.8 Å². The molecule has 0 amide bonds. The number of carbonyl (C=O) groups excluding carboxylic acids is 1. The molecule has 20 heavy (non-hydrogen) atoms. The van der Waals surface area contributed by atoms with Crippen LogP contribution in [0.1, 0.15) is 33.1 Å². The molecular weight excluding hydrogens is 282 g/mol. The Bertz CT molecular complexity index is 403. The van der Waals surface area contributed by atoms with E-state index in [1.165, 1.54) is 10.6 Å². The molecule has 0 spiro atoms. The average Bonchev–Trinajstić information content (AvgIpc) is 2.38. The van der Waals surface area contributed by atoms with Crippen molar-refractivity contribution in [2.24, 2.45) is 5.92 Å². The number of ether oxygens (including phenoxy) is 2. The van der Waals surface area contributed by atoms with E-state index in [0.29, 0.717) is 32.7 Å². The van der Waals surface area contributed by atoms with Crippen LogP contribution in [-0.2, 0) is 24.3 Å². The van der Waals surface area contributed by atoms with E-state index in [4.69, 9.17) is 9.47 Å². The maximum atomic E-state index is 12.1. The summed E-state index contributed by atoms with van der Waals surface area (Å²) in [7, 11) is -3.18. The summed E-state index contributed by atoms with van der Waals surface area (Å²) < 4.78 is 35.1. The van der Waals surface area contributed by atoms with E-state index in [1.807, 2.05) is 13.8 Å². The summed E-state index contributed by atoms with van der Waals surface area (Å²) in [5.74, 6) is -0.0524. The van der Waals surface area contributed by atoms with Crippen molar-refractivity contribution in [3.8, 4) is 0 Å². The van der Waals surface area contributed by atoms with Crippen molar-refractivity contribution in [2.75, 3.05) is 32.6 Å². The molecule has 1 heterocycles. The molecule has 7 heteroatoms. The molecule has 1 atom stereocenters. The predicted octanol–water partition coefficient (Wildman–Crippen LogP) is 1.02. The first kappa shape index (κ1) is 17.6. The fourth-order valence-electron chi connectivity index (χ4n) is 2.41. The first-order valence-electron chi connectivity index (χ1n) is 7.09. The zero-order valence-corrected chi connectivity index (χ0v) is 13.3. The van der Waals surface area contributed by atoms with Gasteiger partial charge in [0.15, 0.2) is 5.78 Å². The highest BCUT2D eigenvalue weighted by molar-refractivity contribution is 7.88. The van der Waals surface area contributed by atoms with Gasteiger partial charge in [-0.05, 0) is 32.6 Å². The van der Waals surface area contributed by atoms with Crippen LogP contribution in [0, 0.1) is 5.92 Å². The van der Waals surface area contributed by atoms with Crippen molar-refractivity contribution in [1.82, 2.24) is 4.31 Å². The average molecular weight is 307 g/mol. The molecule has 0 saturated carbocycles. The molecule has 1 saturated heterocycles. The Morgan fingerprint density at radius 2 is 1.90 bits per heavy atom. The van der Waals surface area contributed by atoms with Gasteiger partial charge in [0.05, 0.1) is 6.26 Å². The van der Waals surface area contributed by atoms with E-state index >= 15 is 0 Å². The van der Waals surface area contributed by atoms with E-state index < -0.39 is 16.3 Å². The molecule has 0 aliphatic carbocycles. The normalized spacial score (nSPS) is 21.3. The lowest BCUT2D eigenvalue weighted by molar-refractivity contribution is -0.169. The van der Waals surface area contributed by atoms with Crippen molar-refractivity contribution in [2.45, 2.75) is 39.4 Å². The van der Waals surface area contributed by atoms with Gasteiger partial charge in [0, 0.05) is 32.7 Å². The lowest BCUT2D eigenvalue weighted by atomic mass is 9.94. The Balaban J connectivity index is 2.56. The van der Waals surface area contributed by atoms with Crippen LogP contribution in [-0.4, -0.2) is 57.4 Å². The summed E-state index contributed by atoms with van der Waals surface area (Å²) in [5, 5.41) is 0. The quantitative estimate of drug-likeness (QED) is 0.626. The van der Waals surface area contributed by atoms with Crippen LogP contribution in [0.5, 0.6) is 0 Å². The van der Waals surface area contributed by atoms with Gasteiger partial charge in [0.1, 0.15) is 0 Å². The van der Waals surface area contributed by atoms with Gasteiger partial charge in [-0.25, -0.2) is 12.7 Å². The lowest BCUT2D eigenvalue weighted by Gasteiger charge is -2.31. The Kier molecular flexibility index (Phi) is 7.08. The highest BCUT2D eigenvalue weighted by atomic mass is 32.2. The van der Waals surface area contributed by atoms with Crippen molar-refractivity contribution in [3.05, 3.63) is 0 Å². The minimum atomic E-state index is -3.18. The summed E-state index contributed by atoms with van der Waals surface area (Å²) >= 11 is 0. The molecular formula is C13H25NO5S. The first-order valence-corrected chi connectivity index (χ1v) is 8.94. The lowest BCUT2D eigenvalue weighted by Crippen LogP contribution is -2.41. The molecule has 1 aliphatic heterocycles. The van der Waals surface area contributed by atoms with E-state index in [-0.39, 0.29) is 11.7 Å². The minimum absolute atomic E-state index is 0.0504. The van der Waals surface area contributed by atoms with Gasteiger partial charge in [-0.2, -0.15) is 0 Å². The second-order valence-electron chi connectivity index (χ2n) is 5.04. The Hall–Kier alpha value is -0.500. The van der Waals surface area contributed by atoms with Crippen LogP contribution in [0.15, 0.2) is 0 Å². The zero-order chi connectivity index (χ0) is 15.2. The number of ketones is 1. The molecule has 0 radical (unpaired) electrons. The number of sulfonamides is 1. The molecule has 0 aromatic rings. The summed E-state index contributed by atoms with van der Waals surface area (Å²) in [4.78, 5) is 12.1. The summed E-state index contributed by atoms with van der Waals surface area (Å²) in [6.07, 6.45) is 2.34. The van der Waals surface area contributed by atoms with Gasteiger partial charge >= 0.3 is 0 Å². The van der Waals surface area contributed by atoms with Crippen LogP contribution in [0.2, 0.25) is 0 Å². The Morgan fingerprint density at radius 1 is 1.30 bits per heavy atom. The number of piperidine rings is 1. The largest absolute Gasteiger partial charge is 0.346 e. The molecule has 0 N–H and O–H groups in total. The monoisotopic (exact) mass is 307 g/mol. The number of carbonyl (C=O) groups is 1. The molecule has 0 bridgehead atoms. The van der Waals surface area contributed by atoms with Gasteiger partial charge in [-0.1, -0.05) is 0 Å². The van der Waals surface area contributed by atoms with Crippen molar-refractivity contribution < 1.29 is 22.7 Å². The molecule has 1 rings (SSSR count). The molecule has 118 valence electrons. The summed E-state index contributed by atoms with van der Waals surface area (Å²) in [6, 6.07) is 0. The number of hydrogen-bond acceptors (Lipinski definition) is 5. The second kappa shape index (κ2) is 8.07. The predicted molar refractivity (Wildman–Crippen MR) is 75.8 cm³/mol. The van der Waals surface area contributed by atoms with Crippen LogP contribution in [0.25, 0.3) is 0 Å². The van der Waals surface area contributed by atoms with Gasteiger partial charge in [0.2, 0.25) is 16.3 Å². The molecule has 1 aliphatic rings. The van der Waals surface area contributed by atoms with Gasteiger partial charge < -0.3 is 9.47 Å². The van der Waals surface area contributed by atoms with Crippen LogP contribution in [0.4, 0.5) is 0 Å². The van der Waals surface area contributed by atoms with Crippen LogP contribution >= 0.6 is 0 Å². The maximum Gasteiger partial charge on any atom is 0.217 e. The third-order valence-corrected chi connectivity index (χ3v) is 4.61. The number of hydrogen-bond donors (Lipinski definition) is 0. The maximum absolute atomic E-state index is 12.1. The van der Waals surface area contributed by atoms with Crippen LogP contribution < -0.4 is 0 Å². The highest BCUT2D eigenvalue weighted by Crippen LogP contribution is 2.22. The number of Topliss-reactive ketones (excluding diaryl/α,β-unsaturated/α-hetero) is 1. The first-order chi connectivity index (χ1) is 9.38. The zero-order valence-electron chi connectivity index (χ0n) is 12.5. The van der Waals surface area contributed by atoms with E-state index in [2.05, 4.69) is 0 Å². The van der Waals surface area contributed by atoms with Gasteiger partial charge in [-0.15, -0.1) is 0 Å². The molecule has 1 fully saturated rings. The fraction of sp³-hybridized carbons (Fsp3) is 0.923. The second-order valence-corrected chi connectivity index (χ2v) is 7.02. The topological polar surface area (TPSA) is 72.9 Å². The molecule has 6 nitrogen and oxygen atoms in total. The Labute approximate surface area is 121 Å². The van der Waals surface area contributed by atoms with E-state index in [0.717, 1.165) is 12.8 Å². The van der Waals surface area contributed by atoms with Crippen LogP contribution in [0.3, 0.4) is 0 Å². The third kappa shape index (κ3) is 5.47. The van der Waals surface area contributed by atoms with E-state index in [9.17, 15) is 13.2 Å². The van der Waals surface area contributed by atoms with Gasteiger partial charge in [0.25, 0.3) is 0 Å². The third-order valence-electron chi connectivity index (χ3n) is 3.34. The highest BCUT2D eigenvalue weighted by Gasteiger charge is 2.29. The van der Waals surface area contributed by atoms with Crippen molar-refractivity contribution in [1.29, 1.82) is 0 Å². The Morgan fingerprint density at radius 3 is 2.40 bits per heavy atom. The molecule has 1 unspecified atom stereocenters. The summed E-state index contributed by atoms with van der Waals surface area (Å²) in [6.45, 7) is 5.41. The molecule has 0 aromatic carbocycles. The van der Waals surface area contributed by atoms with Crippen molar-refractivity contribution in [3.63, 3.8) is 0 Å². The number of nitrogens with zero attached hydrogens (tertiary/aromatic N) is 1. The standard InChI is InChI=1S/C13H25NO5S/c1-4-18-13(19-5-2)12(15)9-11-7-6-8-14(10-11)20(3,16)17/h11,13H,4-10H2,1-3H3. The number of rotatable bonds is 8. The SMILES string of the molecule is CCOC(OCC)C(=O)CC1CCCN(S(C)(=O)=O)C1.